The summed E-state index contributed by atoms with van der Waals surface area (Å²) in [6.45, 7) is 5.74. The summed E-state index contributed by atoms with van der Waals surface area (Å²) in [7, 11) is 1.60. The number of rotatable bonds is 4. The van der Waals surface area contributed by atoms with Gasteiger partial charge in [-0.15, -0.1) is 0 Å². The number of nitrogens with zero attached hydrogens (tertiary/aromatic N) is 1. The lowest BCUT2D eigenvalue weighted by molar-refractivity contribution is -0.151. The van der Waals surface area contributed by atoms with E-state index in [0.29, 0.717) is 24.2 Å². The van der Waals surface area contributed by atoms with E-state index in [1.54, 1.807) is 20.0 Å². The topological polar surface area (TPSA) is 70.8 Å². The zero-order valence-electron chi connectivity index (χ0n) is 13.8. The fourth-order valence-electron chi connectivity index (χ4n) is 3.21. The molecule has 22 heavy (non-hydrogen) atoms. The van der Waals surface area contributed by atoms with Crippen molar-refractivity contribution in [2.75, 3.05) is 7.05 Å². The number of likely N-dealkylation sites (N-methyl/N-ethyl adjacent to an activating group) is 1. The van der Waals surface area contributed by atoms with E-state index in [2.05, 4.69) is 0 Å². The average molecular weight is 307 g/mol. The molecule has 5 heteroatoms. The number of furan rings is 1. The third-order valence-corrected chi connectivity index (χ3v) is 4.76. The molecule has 0 bridgehead atoms. The Morgan fingerprint density at radius 1 is 1.27 bits per heavy atom. The lowest BCUT2D eigenvalue weighted by atomic mass is 9.80. The van der Waals surface area contributed by atoms with Gasteiger partial charge >= 0.3 is 5.97 Å². The van der Waals surface area contributed by atoms with Gasteiger partial charge in [-0.1, -0.05) is 33.1 Å². The zero-order chi connectivity index (χ0) is 16.5. The number of hydrogen-bond donors (Lipinski definition) is 1. The summed E-state index contributed by atoms with van der Waals surface area (Å²) in [5.41, 5.74) is -0.616. The van der Waals surface area contributed by atoms with E-state index in [4.69, 9.17) is 4.42 Å². The Labute approximate surface area is 131 Å². The van der Waals surface area contributed by atoms with E-state index in [-0.39, 0.29) is 11.8 Å². The molecule has 1 aliphatic carbocycles. The fraction of sp³-hybridized carbons (Fsp3) is 0.647. The van der Waals surface area contributed by atoms with Crippen LogP contribution in [-0.4, -0.2) is 34.5 Å². The molecule has 1 amide bonds. The van der Waals surface area contributed by atoms with Crippen molar-refractivity contribution in [3.63, 3.8) is 0 Å². The van der Waals surface area contributed by atoms with Crippen LogP contribution in [0.15, 0.2) is 10.5 Å². The van der Waals surface area contributed by atoms with Crippen LogP contribution < -0.4 is 0 Å². The largest absolute Gasteiger partial charge is 0.479 e. The molecule has 0 unspecified atom stereocenters. The van der Waals surface area contributed by atoms with Crippen molar-refractivity contribution in [3.8, 4) is 0 Å². The van der Waals surface area contributed by atoms with Gasteiger partial charge < -0.3 is 14.4 Å². The molecule has 0 saturated heterocycles. The van der Waals surface area contributed by atoms with Gasteiger partial charge in [0.05, 0.1) is 5.56 Å². The Balaban J connectivity index is 2.33. The maximum Gasteiger partial charge on any atom is 0.329 e. The molecular formula is C17H25NO4. The Hall–Kier alpha value is -1.78. The number of carbonyl (C=O) groups excluding carboxylic acids is 1. The van der Waals surface area contributed by atoms with Crippen molar-refractivity contribution in [3.05, 3.63) is 23.2 Å². The second-order valence-electron chi connectivity index (χ2n) is 6.53. The van der Waals surface area contributed by atoms with Gasteiger partial charge in [-0.25, -0.2) is 4.79 Å². The fourth-order valence-corrected chi connectivity index (χ4v) is 3.21. The number of carboxylic acid groups (broad SMARTS) is 1. The van der Waals surface area contributed by atoms with Crippen LogP contribution in [0.25, 0.3) is 0 Å². The minimum atomic E-state index is -1.09. The Kier molecular flexibility index (Phi) is 4.63. The molecular weight excluding hydrogens is 282 g/mol. The molecule has 1 aliphatic rings. The predicted molar refractivity (Wildman–Crippen MR) is 83.1 cm³/mol. The molecule has 0 atom stereocenters. The van der Waals surface area contributed by atoms with Crippen LogP contribution in [0.5, 0.6) is 0 Å². The summed E-state index contributed by atoms with van der Waals surface area (Å²) in [5, 5.41) is 9.70. The van der Waals surface area contributed by atoms with Crippen LogP contribution >= 0.6 is 0 Å². The highest BCUT2D eigenvalue weighted by Gasteiger charge is 2.46. The number of carbonyl (C=O) groups is 2. The predicted octanol–water partition coefficient (Wildman–Crippen LogP) is 3.57. The summed E-state index contributed by atoms with van der Waals surface area (Å²) < 4.78 is 5.63. The van der Waals surface area contributed by atoms with Crippen molar-refractivity contribution < 1.29 is 19.1 Å². The molecule has 122 valence electrons. The normalized spacial score (nSPS) is 17.5. The number of aliphatic carboxylic acids is 1. The van der Waals surface area contributed by atoms with Crippen LogP contribution in [0.1, 0.15) is 73.7 Å². The Morgan fingerprint density at radius 3 is 2.32 bits per heavy atom. The molecule has 0 radical (unpaired) electrons. The first-order valence-electron chi connectivity index (χ1n) is 7.91. The van der Waals surface area contributed by atoms with Gasteiger partial charge in [-0.3, -0.25) is 4.79 Å². The summed E-state index contributed by atoms with van der Waals surface area (Å²) in [6.07, 6.45) is 3.73. The Bertz CT molecular complexity index is 567. The van der Waals surface area contributed by atoms with E-state index in [1.807, 2.05) is 13.8 Å². The number of hydrogen-bond acceptors (Lipinski definition) is 3. The monoisotopic (exact) mass is 307 g/mol. The number of amides is 1. The van der Waals surface area contributed by atoms with E-state index in [1.165, 1.54) is 4.90 Å². The van der Waals surface area contributed by atoms with Crippen molar-refractivity contribution in [1.29, 1.82) is 0 Å². The molecule has 0 aromatic carbocycles. The molecule has 0 spiro atoms. The molecule has 1 saturated carbocycles. The highest BCUT2D eigenvalue weighted by atomic mass is 16.4. The van der Waals surface area contributed by atoms with Gasteiger partial charge in [0, 0.05) is 13.0 Å². The van der Waals surface area contributed by atoms with Gasteiger partial charge in [-0.05, 0) is 25.8 Å². The van der Waals surface area contributed by atoms with E-state index in [9.17, 15) is 14.7 Å². The second kappa shape index (κ2) is 6.15. The standard InChI is InChI=1S/C17H25NO4/c1-11(2)14-10-13(12(3)22-14)15(19)18(4)17(16(20)21)8-6-5-7-9-17/h10-11H,5-9H2,1-4H3,(H,20,21). The van der Waals surface area contributed by atoms with Crippen LogP contribution in [0.2, 0.25) is 0 Å². The van der Waals surface area contributed by atoms with Crippen molar-refractivity contribution >= 4 is 11.9 Å². The molecule has 5 nitrogen and oxygen atoms in total. The van der Waals surface area contributed by atoms with Crippen LogP contribution in [0.3, 0.4) is 0 Å². The summed E-state index contributed by atoms with van der Waals surface area (Å²) in [5.74, 6) is 0.318. The third-order valence-electron chi connectivity index (χ3n) is 4.76. The maximum atomic E-state index is 12.8. The number of aryl methyl sites for hydroxylation is 1. The minimum Gasteiger partial charge on any atom is -0.479 e. The summed E-state index contributed by atoms with van der Waals surface area (Å²) >= 11 is 0. The molecule has 2 rings (SSSR count). The van der Waals surface area contributed by atoms with Crippen LogP contribution in [0, 0.1) is 6.92 Å². The summed E-state index contributed by atoms with van der Waals surface area (Å²) in [6, 6.07) is 1.75. The molecule has 1 aromatic rings. The van der Waals surface area contributed by atoms with E-state index < -0.39 is 11.5 Å². The first-order valence-corrected chi connectivity index (χ1v) is 7.91. The smallest absolute Gasteiger partial charge is 0.329 e. The SMILES string of the molecule is Cc1oc(C(C)C)cc1C(=O)N(C)C1(C(=O)O)CCCCC1. The lowest BCUT2D eigenvalue weighted by Gasteiger charge is -2.40. The minimum absolute atomic E-state index is 0.189. The quantitative estimate of drug-likeness (QED) is 0.923. The van der Waals surface area contributed by atoms with Gasteiger partial charge in [-0.2, -0.15) is 0 Å². The Morgan fingerprint density at radius 2 is 1.86 bits per heavy atom. The van der Waals surface area contributed by atoms with E-state index >= 15 is 0 Å². The van der Waals surface area contributed by atoms with Gasteiger partial charge in [0.15, 0.2) is 0 Å². The molecule has 1 aromatic heterocycles. The van der Waals surface area contributed by atoms with Crippen molar-refractivity contribution in [1.82, 2.24) is 4.90 Å². The molecule has 1 N–H and O–H groups in total. The van der Waals surface area contributed by atoms with Crippen molar-refractivity contribution in [2.45, 2.75) is 64.3 Å². The lowest BCUT2D eigenvalue weighted by Crippen LogP contribution is -2.56. The van der Waals surface area contributed by atoms with E-state index in [0.717, 1.165) is 25.0 Å². The first kappa shape index (κ1) is 16.6. The van der Waals surface area contributed by atoms with Crippen LogP contribution in [-0.2, 0) is 4.79 Å². The highest BCUT2D eigenvalue weighted by molar-refractivity contribution is 5.98. The molecule has 1 heterocycles. The second-order valence-corrected chi connectivity index (χ2v) is 6.53. The zero-order valence-corrected chi connectivity index (χ0v) is 13.8. The summed E-state index contributed by atoms with van der Waals surface area (Å²) in [4.78, 5) is 26.1. The van der Waals surface area contributed by atoms with Gasteiger partial charge in [0.25, 0.3) is 5.91 Å². The molecule has 1 fully saturated rings. The molecule has 0 aliphatic heterocycles. The highest BCUT2D eigenvalue weighted by Crippen LogP contribution is 2.35. The first-order chi connectivity index (χ1) is 10.3. The van der Waals surface area contributed by atoms with Crippen LogP contribution in [0.4, 0.5) is 0 Å². The van der Waals surface area contributed by atoms with Gasteiger partial charge in [0.1, 0.15) is 17.1 Å². The number of carboxylic acids is 1. The maximum absolute atomic E-state index is 12.8. The van der Waals surface area contributed by atoms with Gasteiger partial charge in [0.2, 0.25) is 0 Å². The average Bonchev–Trinajstić information content (AvgIpc) is 2.88. The third kappa shape index (κ3) is 2.76. The van der Waals surface area contributed by atoms with Crippen molar-refractivity contribution in [2.24, 2.45) is 0 Å².